The van der Waals surface area contributed by atoms with Gasteiger partial charge in [-0.15, -0.1) is 0 Å². The van der Waals surface area contributed by atoms with Crippen LogP contribution in [0.15, 0.2) is 36.9 Å². The number of guanidine groups is 1. The minimum absolute atomic E-state index is 0. The Hall–Kier alpha value is -1.48. The molecule has 92 valence electrons. The van der Waals surface area contributed by atoms with Gasteiger partial charge in [-0.05, 0) is 11.1 Å². The standard InChI is InChI=1S/C13H17N3.ClH/c1-2-8-15-13(14)16-9-7-11-5-3-4-6-12(11)10-16;/h2-6H,1,7-10H2,(H2,14,15);1H. The lowest BCUT2D eigenvalue weighted by molar-refractivity contribution is -0.550. The molecule has 0 amide bonds. The molecule has 0 unspecified atom stereocenters. The molecule has 0 spiro atoms. The van der Waals surface area contributed by atoms with E-state index in [2.05, 4.69) is 40.7 Å². The van der Waals surface area contributed by atoms with Gasteiger partial charge in [-0.3, -0.25) is 15.6 Å². The Morgan fingerprint density at radius 2 is 2.12 bits per heavy atom. The first-order valence-electron chi connectivity index (χ1n) is 5.60. The summed E-state index contributed by atoms with van der Waals surface area (Å²) in [5.41, 5.74) is 8.79. The Labute approximate surface area is 108 Å². The van der Waals surface area contributed by atoms with Gasteiger partial charge in [0, 0.05) is 6.42 Å². The zero-order valence-corrected chi connectivity index (χ0v) is 10.6. The zero-order valence-electron chi connectivity index (χ0n) is 9.82. The summed E-state index contributed by atoms with van der Waals surface area (Å²) in [4.78, 5) is 0. The largest absolute Gasteiger partial charge is 1.00 e. The van der Waals surface area contributed by atoms with Crippen LogP contribution in [0.5, 0.6) is 0 Å². The minimum atomic E-state index is 0. The van der Waals surface area contributed by atoms with Crippen LogP contribution in [-0.4, -0.2) is 23.6 Å². The fourth-order valence-electron chi connectivity index (χ4n) is 1.99. The molecule has 2 rings (SSSR count). The number of fused-ring (bicyclic) bond motifs is 1. The van der Waals surface area contributed by atoms with E-state index in [1.165, 1.54) is 11.1 Å². The van der Waals surface area contributed by atoms with Crippen LogP contribution in [0.4, 0.5) is 0 Å². The molecule has 3 nitrogen and oxygen atoms in total. The smallest absolute Gasteiger partial charge is 0.343 e. The lowest BCUT2D eigenvalue weighted by Crippen LogP contribution is -3.00. The molecule has 0 fully saturated rings. The van der Waals surface area contributed by atoms with Gasteiger partial charge in [0.1, 0.15) is 0 Å². The molecule has 0 saturated carbocycles. The quantitative estimate of drug-likeness (QED) is 0.358. The Morgan fingerprint density at radius 1 is 1.41 bits per heavy atom. The summed E-state index contributed by atoms with van der Waals surface area (Å²) in [6, 6.07) is 8.54. The highest BCUT2D eigenvalue weighted by atomic mass is 35.5. The Balaban J connectivity index is 0.00000144. The number of nitrogens with two attached hydrogens (primary N) is 1. The van der Waals surface area contributed by atoms with E-state index in [4.69, 9.17) is 5.73 Å². The van der Waals surface area contributed by atoms with Gasteiger partial charge in [-0.25, -0.2) is 0 Å². The molecule has 0 saturated heterocycles. The van der Waals surface area contributed by atoms with Crippen LogP contribution in [-0.2, 0) is 13.0 Å². The Bertz CT molecular complexity index is 426. The third-order valence-electron chi connectivity index (χ3n) is 2.90. The third kappa shape index (κ3) is 3.24. The highest BCUT2D eigenvalue weighted by Crippen LogP contribution is 2.15. The van der Waals surface area contributed by atoms with Crippen molar-refractivity contribution in [2.45, 2.75) is 13.0 Å². The Kier molecular flexibility index (Phi) is 5.04. The van der Waals surface area contributed by atoms with Crippen molar-refractivity contribution < 1.29 is 17.0 Å². The zero-order chi connectivity index (χ0) is 11.4. The van der Waals surface area contributed by atoms with E-state index in [9.17, 15) is 0 Å². The summed E-state index contributed by atoms with van der Waals surface area (Å²) < 4.78 is 2.17. The van der Waals surface area contributed by atoms with Crippen molar-refractivity contribution in [3.63, 3.8) is 0 Å². The van der Waals surface area contributed by atoms with Crippen LogP contribution in [0.25, 0.3) is 0 Å². The van der Waals surface area contributed by atoms with Crippen molar-refractivity contribution >= 4 is 5.96 Å². The summed E-state index contributed by atoms with van der Waals surface area (Å²) in [5, 5.41) is 3.14. The van der Waals surface area contributed by atoms with Crippen molar-refractivity contribution in [1.29, 1.82) is 0 Å². The maximum absolute atomic E-state index is 5.98. The van der Waals surface area contributed by atoms with Crippen LogP contribution in [0.1, 0.15) is 11.1 Å². The first-order valence-corrected chi connectivity index (χ1v) is 5.60. The summed E-state index contributed by atoms with van der Waals surface area (Å²) in [5.74, 6) is 0.745. The van der Waals surface area contributed by atoms with Gasteiger partial charge < -0.3 is 12.4 Å². The maximum Gasteiger partial charge on any atom is 0.343 e. The number of hydrogen-bond donors (Lipinski definition) is 2. The summed E-state index contributed by atoms with van der Waals surface area (Å²) in [6.07, 6.45) is 2.87. The SMILES string of the molecule is C=CCNC(N)=[N+]1CCc2ccccc2C1.[Cl-]. The molecule has 0 bridgehead atoms. The lowest BCUT2D eigenvalue weighted by atomic mass is 10.0. The van der Waals surface area contributed by atoms with E-state index >= 15 is 0 Å². The number of nitrogens with one attached hydrogen (secondary N) is 1. The second-order valence-corrected chi connectivity index (χ2v) is 4.00. The normalized spacial score (nSPS) is 16.5. The van der Waals surface area contributed by atoms with Crippen molar-refractivity contribution in [1.82, 2.24) is 5.32 Å². The first kappa shape index (κ1) is 13.6. The van der Waals surface area contributed by atoms with Crippen molar-refractivity contribution in [3.8, 4) is 0 Å². The van der Waals surface area contributed by atoms with Crippen LogP contribution in [0, 0.1) is 0 Å². The molecule has 4 heteroatoms. The molecular formula is C13H18ClN3. The molecule has 0 radical (unpaired) electrons. The maximum atomic E-state index is 5.98. The predicted molar refractivity (Wildman–Crippen MR) is 66.4 cm³/mol. The molecule has 0 aromatic heterocycles. The number of benzene rings is 1. The summed E-state index contributed by atoms with van der Waals surface area (Å²) >= 11 is 0. The second-order valence-electron chi connectivity index (χ2n) is 4.00. The molecule has 1 aromatic rings. The van der Waals surface area contributed by atoms with Gasteiger partial charge in [0.25, 0.3) is 0 Å². The Morgan fingerprint density at radius 3 is 2.82 bits per heavy atom. The van der Waals surface area contributed by atoms with E-state index in [0.29, 0.717) is 6.54 Å². The average Bonchev–Trinajstić information content (AvgIpc) is 2.35. The lowest BCUT2D eigenvalue weighted by Gasteiger charge is -2.19. The highest BCUT2D eigenvalue weighted by Gasteiger charge is 2.16. The number of halogens is 1. The molecule has 1 aliphatic rings. The highest BCUT2D eigenvalue weighted by molar-refractivity contribution is 5.72. The first-order chi connectivity index (χ1) is 7.81. The molecular weight excluding hydrogens is 234 g/mol. The fraction of sp³-hybridized carbons (Fsp3) is 0.308. The van der Waals surface area contributed by atoms with Crippen molar-refractivity contribution in [2.75, 3.05) is 13.1 Å². The summed E-state index contributed by atoms with van der Waals surface area (Å²) in [7, 11) is 0. The van der Waals surface area contributed by atoms with Crippen LogP contribution in [0.3, 0.4) is 0 Å². The fourth-order valence-corrected chi connectivity index (χ4v) is 1.99. The number of rotatable bonds is 2. The number of nitrogens with zero attached hydrogens (tertiary/aromatic N) is 1. The van der Waals surface area contributed by atoms with Crippen LogP contribution < -0.4 is 23.5 Å². The predicted octanol–water partition coefficient (Wildman–Crippen LogP) is -2.15. The molecule has 0 atom stereocenters. The molecule has 0 aliphatic carbocycles. The van der Waals surface area contributed by atoms with Gasteiger partial charge in [-0.2, -0.15) is 0 Å². The van der Waals surface area contributed by atoms with Crippen LogP contribution >= 0.6 is 0 Å². The van der Waals surface area contributed by atoms with Gasteiger partial charge in [-0.1, -0.05) is 36.9 Å². The van der Waals surface area contributed by atoms with E-state index < -0.39 is 0 Å². The summed E-state index contributed by atoms with van der Waals surface area (Å²) in [6.45, 7) is 6.25. The van der Waals surface area contributed by atoms with Gasteiger partial charge in [0.15, 0.2) is 0 Å². The van der Waals surface area contributed by atoms with Gasteiger partial charge in [0.05, 0.1) is 19.6 Å². The van der Waals surface area contributed by atoms with Crippen molar-refractivity contribution in [3.05, 3.63) is 48.0 Å². The second kappa shape index (κ2) is 6.30. The molecule has 17 heavy (non-hydrogen) atoms. The van der Waals surface area contributed by atoms with Gasteiger partial charge in [0.2, 0.25) is 0 Å². The average molecular weight is 252 g/mol. The molecule has 1 aromatic carbocycles. The topological polar surface area (TPSA) is 41.1 Å². The van der Waals surface area contributed by atoms with E-state index in [1.54, 1.807) is 0 Å². The van der Waals surface area contributed by atoms with E-state index in [0.717, 1.165) is 25.5 Å². The van der Waals surface area contributed by atoms with E-state index in [1.807, 2.05) is 6.08 Å². The minimum Gasteiger partial charge on any atom is -1.00 e. The molecule has 1 aliphatic heterocycles. The van der Waals surface area contributed by atoms with Crippen LogP contribution in [0.2, 0.25) is 0 Å². The van der Waals surface area contributed by atoms with Gasteiger partial charge >= 0.3 is 5.96 Å². The monoisotopic (exact) mass is 251 g/mol. The van der Waals surface area contributed by atoms with Crippen molar-refractivity contribution in [2.24, 2.45) is 5.73 Å². The van der Waals surface area contributed by atoms with E-state index in [-0.39, 0.29) is 12.4 Å². The number of hydrogen-bond acceptors (Lipinski definition) is 0. The molecule has 3 N–H and O–H groups in total. The molecule has 1 heterocycles. The third-order valence-corrected chi connectivity index (χ3v) is 2.90.